The molecule has 1 rings (SSSR count). The van der Waals surface area contributed by atoms with Gasteiger partial charge in [0.15, 0.2) is 5.78 Å². The fourth-order valence-electron chi connectivity index (χ4n) is 1.09. The van der Waals surface area contributed by atoms with E-state index >= 15 is 0 Å². The van der Waals surface area contributed by atoms with Crippen LogP contribution >= 0.6 is 11.6 Å². The van der Waals surface area contributed by atoms with E-state index in [-0.39, 0.29) is 18.3 Å². The van der Waals surface area contributed by atoms with Gasteiger partial charge in [-0.15, -0.1) is 11.6 Å². The van der Waals surface area contributed by atoms with Crippen LogP contribution in [-0.2, 0) is 16.1 Å². The first-order valence-electron chi connectivity index (χ1n) is 4.44. The van der Waals surface area contributed by atoms with Gasteiger partial charge in [-0.1, -0.05) is 24.3 Å². The summed E-state index contributed by atoms with van der Waals surface area (Å²) in [5.74, 6) is -0.0615. The third-order valence-corrected chi connectivity index (χ3v) is 2.23. The van der Waals surface area contributed by atoms with Gasteiger partial charge in [-0.2, -0.15) is 0 Å². The van der Waals surface area contributed by atoms with E-state index in [0.717, 1.165) is 5.56 Å². The van der Waals surface area contributed by atoms with Crippen LogP contribution in [0, 0.1) is 6.92 Å². The Balaban J connectivity index is 2.39. The number of alkyl halides is 1. The Morgan fingerprint density at radius 3 is 2.79 bits per heavy atom. The Bertz CT molecular complexity index is 310. The van der Waals surface area contributed by atoms with Crippen LogP contribution < -0.4 is 0 Å². The van der Waals surface area contributed by atoms with Crippen LogP contribution in [0.4, 0.5) is 0 Å². The summed E-state index contributed by atoms with van der Waals surface area (Å²) in [4.78, 5) is 10.8. The highest BCUT2D eigenvalue weighted by molar-refractivity contribution is 6.27. The standard InChI is InChI=1S/C11H13ClO2/c1-9-4-2-3-5-10(9)7-14-8-11(13)6-12/h2-5H,6-8H2,1H3. The Morgan fingerprint density at radius 1 is 1.43 bits per heavy atom. The molecule has 76 valence electrons. The number of ketones is 1. The summed E-state index contributed by atoms with van der Waals surface area (Å²) in [5, 5.41) is 0. The van der Waals surface area contributed by atoms with Crippen LogP contribution in [0.1, 0.15) is 11.1 Å². The summed E-state index contributed by atoms with van der Waals surface area (Å²) in [5.41, 5.74) is 2.28. The smallest absolute Gasteiger partial charge is 0.173 e. The van der Waals surface area contributed by atoms with Crippen molar-refractivity contribution >= 4 is 17.4 Å². The van der Waals surface area contributed by atoms with Crippen molar-refractivity contribution in [1.82, 2.24) is 0 Å². The number of benzene rings is 1. The predicted octanol–water partition coefficient (Wildman–Crippen LogP) is 2.32. The van der Waals surface area contributed by atoms with Crippen molar-refractivity contribution in [1.29, 1.82) is 0 Å². The van der Waals surface area contributed by atoms with Gasteiger partial charge in [0.05, 0.1) is 12.5 Å². The highest BCUT2D eigenvalue weighted by atomic mass is 35.5. The minimum atomic E-state index is -0.0831. The number of rotatable bonds is 5. The molecule has 0 N–H and O–H groups in total. The van der Waals surface area contributed by atoms with E-state index in [2.05, 4.69) is 0 Å². The number of hydrogen-bond donors (Lipinski definition) is 0. The lowest BCUT2D eigenvalue weighted by Crippen LogP contribution is -2.09. The molecule has 0 heterocycles. The molecular weight excluding hydrogens is 200 g/mol. The zero-order chi connectivity index (χ0) is 10.4. The number of carbonyl (C=O) groups is 1. The van der Waals surface area contributed by atoms with Gasteiger partial charge >= 0.3 is 0 Å². The molecule has 2 nitrogen and oxygen atoms in total. The minimum Gasteiger partial charge on any atom is -0.369 e. The number of ether oxygens (including phenoxy) is 1. The van der Waals surface area contributed by atoms with Gasteiger partial charge in [-0.05, 0) is 18.1 Å². The van der Waals surface area contributed by atoms with Gasteiger partial charge in [0.25, 0.3) is 0 Å². The summed E-state index contributed by atoms with van der Waals surface area (Å²) >= 11 is 5.34. The maximum Gasteiger partial charge on any atom is 0.173 e. The molecule has 0 spiro atoms. The molecule has 1 aromatic carbocycles. The second-order valence-electron chi connectivity index (χ2n) is 3.09. The lowest BCUT2D eigenvalue weighted by atomic mass is 10.1. The molecule has 0 aliphatic rings. The van der Waals surface area contributed by atoms with Crippen molar-refractivity contribution in [2.45, 2.75) is 13.5 Å². The number of Topliss-reactive ketones (excluding diaryl/α,β-unsaturated/α-hetero) is 1. The maximum absolute atomic E-state index is 10.8. The van der Waals surface area contributed by atoms with E-state index in [9.17, 15) is 4.79 Å². The Hall–Kier alpha value is -0.860. The zero-order valence-electron chi connectivity index (χ0n) is 8.13. The van der Waals surface area contributed by atoms with E-state index in [1.807, 2.05) is 31.2 Å². The van der Waals surface area contributed by atoms with Crippen molar-refractivity contribution in [3.8, 4) is 0 Å². The predicted molar refractivity (Wildman–Crippen MR) is 56.6 cm³/mol. The van der Waals surface area contributed by atoms with Crippen molar-refractivity contribution in [3.63, 3.8) is 0 Å². The monoisotopic (exact) mass is 212 g/mol. The molecule has 0 bridgehead atoms. The molecule has 1 aromatic rings. The van der Waals surface area contributed by atoms with Gasteiger partial charge in [0.2, 0.25) is 0 Å². The normalized spacial score (nSPS) is 10.1. The number of halogens is 1. The molecule has 0 fully saturated rings. The third-order valence-electron chi connectivity index (χ3n) is 1.93. The van der Waals surface area contributed by atoms with Crippen molar-refractivity contribution in [2.24, 2.45) is 0 Å². The zero-order valence-corrected chi connectivity index (χ0v) is 8.88. The van der Waals surface area contributed by atoms with Gasteiger partial charge in [-0.25, -0.2) is 0 Å². The SMILES string of the molecule is Cc1ccccc1COCC(=O)CCl. The second-order valence-corrected chi connectivity index (χ2v) is 3.36. The molecule has 0 aliphatic heterocycles. The highest BCUT2D eigenvalue weighted by Crippen LogP contribution is 2.07. The third kappa shape index (κ3) is 3.48. The van der Waals surface area contributed by atoms with E-state index in [0.29, 0.717) is 6.61 Å². The topological polar surface area (TPSA) is 26.3 Å². The molecule has 0 amide bonds. The lowest BCUT2D eigenvalue weighted by Gasteiger charge is -2.05. The van der Waals surface area contributed by atoms with Gasteiger partial charge in [-0.3, -0.25) is 4.79 Å². The van der Waals surface area contributed by atoms with Crippen LogP contribution in [0.3, 0.4) is 0 Å². The summed E-state index contributed by atoms with van der Waals surface area (Å²) in [6, 6.07) is 7.93. The van der Waals surface area contributed by atoms with Gasteiger partial charge in [0.1, 0.15) is 6.61 Å². The van der Waals surface area contributed by atoms with E-state index in [1.165, 1.54) is 5.56 Å². The summed E-state index contributed by atoms with van der Waals surface area (Å²) in [6.07, 6.45) is 0. The Morgan fingerprint density at radius 2 is 2.14 bits per heavy atom. The molecule has 0 saturated carbocycles. The molecule has 0 radical (unpaired) electrons. The quantitative estimate of drug-likeness (QED) is 0.701. The molecule has 0 unspecified atom stereocenters. The molecular formula is C11H13ClO2. The lowest BCUT2D eigenvalue weighted by molar-refractivity contribution is -0.121. The Labute approximate surface area is 88.8 Å². The Kier molecular flexibility index (Phi) is 4.63. The molecule has 14 heavy (non-hydrogen) atoms. The number of aryl methyl sites for hydroxylation is 1. The average molecular weight is 213 g/mol. The van der Waals surface area contributed by atoms with Gasteiger partial charge in [0, 0.05) is 0 Å². The van der Waals surface area contributed by atoms with E-state index in [4.69, 9.17) is 16.3 Å². The molecule has 0 aliphatic carbocycles. The minimum absolute atomic E-state index is 0.0216. The van der Waals surface area contributed by atoms with Crippen molar-refractivity contribution in [2.75, 3.05) is 12.5 Å². The summed E-state index contributed by atoms with van der Waals surface area (Å²) in [7, 11) is 0. The largest absolute Gasteiger partial charge is 0.369 e. The summed E-state index contributed by atoms with van der Waals surface area (Å²) in [6.45, 7) is 2.58. The fourth-order valence-corrected chi connectivity index (χ4v) is 1.16. The van der Waals surface area contributed by atoms with E-state index < -0.39 is 0 Å². The molecule has 0 saturated heterocycles. The molecule has 3 heteroatoms. The first kappa shape index (κ1) is 11.2. The van der Waals surface area contributed by atoms with Crippen molar-refractivity contribution < 1.29 is 9.53 Å². The maximum atomic E-state index is 10.8. The molecule has 0 atom stereocenters. The van der Waals surface area contributed by atoms with E-state index in [1.54, 1.807) is 0 Å². The van der Waals surface area contributed by atoms with Crippen LogP contribution in [0.5, 0.6) is 0 Å². The van der Waals surface area contributed by atoms with Crippen LogP contribution in [0.15, 0.2) is 24.3 Å². The second kappa shape index (κ2) is 5.78. The van der Waals surface area contributed by atoms with Crippen LogP contribution in [0.2, 0.25) is 0 Å². The number of carbonyl (C=O) groups excluding carboxylic acids is 1. The van der Waals surface area contributed by atoms with Crippen molar-refractivity contribution in [3.05, 3.63) is 35.4 Å². The average Bonchev–Trinajstić information content (AvgIpc) is 2.20. The number of hydrogen-bond acceptors (Lipinski definition) is 2. The molecule has 0 aromatic heterocycles. The van der Waals surface area contributed by atoms with Crippen LogP contribution in [0.25, 0.3) is 0 Å². The van der Waals surface area contributed by atoms with Gasteiger partial charge < -0.3 is 4.74 Å². The first-order valence-corrected chi connectivity index (χ1v) is 4.97. The van der Waals surface area contributed by atoms with Crippen LogP contribution in [-0.4, -0.2) is 18.3 Å². The first-order chi connectivity index (χ1) is 6.74. The highest BCUT2D eigenvalue weighted by Gasteiger charge is 2.01. The fraction of sp³-hybridized carbons (Fsp3) is 0.364. The summed E-state index contributed by atoms with van der Waals surface area (Å²) < 4.78 is 5.22.